The van der Waals surface area contributed by atoms with Gasteiger partial charge < -0.3 is 10.3 Å². The van der Waals surface area contributed by atoms with Crippen LogP contribution in [0.25, 0.3) is 10.9 Å². The van der Waals surface area contributed by atoms with E-state index in [2.05, 4.69) is 15.3 Å². The fraction of sp³-hybridized carbons (Fsp3) is 0.188. The minimum Gasteiger partial charge on any atom is -0.360 e. The summed E-state index contributed by atoms with van der Waals surface area (Å²) in [4.78, 5) is 31.5. The SMILES string of the molecule is Cc1csc(CCNC(=O)C(=O)c2c[nH]c3ccccc23)n1. The van der Waals surface area contributed by atoms with Gasteiger partial charge >= 0.3 is 0 Å². The number of nitrogens with one attached hydrogen (secondary N) is 2. The number of fused-ring (bicyclic) bond motifs is 1. The van der Waals surface area contributed by atoms with E-state index in [1.54, 1.807) is 17.5 Å². The van der Waals surface area contributed by atoms with Gasteiger partial charge in [-0.05, 0) is 13.0 Å². The molecule has 0 spiro atoms. The molecule has 0 saturated carbocycles. The fourth-order valence-corrected chi connectivity index (χ4v) is 3.04. The number of rotatable bonds is 5. The highest BCUT2D eigenvalue weighted by Crippen LogP contribution is 2.18. The number of benzene rings is 1. The molecule has 1 amide bonds. The zero-order valence-electron chi connectivity index (χ0n) is 12.1. The third-order valence-corrected chi connectivity index (χ3v) is 4.36. The van der Waals surface area contributed by atoms with Crippen molar-refractivity contribution in [2.45, 2.75) is 13.3 Å². The molecule has 3 rings (SSSR count). The Kier molecular flexibility index (Phi) is 4.02. The summed E-state index contributed by atoms with van der Waals surface area (Å²) in [7, 11) is 0. The molecule has 0 atom stereocenters. The molecule has 0 saturated heterocycles. The topological polar surface area (TPSA) is 74.8 Å². The van der Waals surface area contributed by atoms with Crippen molar-refractivity contribution >= 4 is 33.9 Å². The molecule has 22 heavy (non-hydrogen) atoms. The van der Waals surface area contributed by atoms with Crippen LogP contribution in [0.2, 0.25) is 0 Å². The van der Waals surface area contributed by atoms with Gasteiger partial charge in [-0.15, -0.1) is 11.3 Å². The molecule has 0 aliphatic heterocycles. The lowest BCUT2D eigenvalue weighted by Crippen LogP contribution is -2.32. The van der Waals surface area contributed by atoms with Gasteiger partial charge in [-0.3, -0.25) is 9.59 Å². The van der Waals surface area contributed by atoms with Gasteiger partial charge in [0.2, 0.25) is 0 Å². The highest BCUT2D eigenvalue weighted by Gasteiger charge is 2.19. The van der Waals surface area contributed by atoms with E-state index in [9.17, 15) is 9.59 Å². The van der Waals surface area contributed by atoms with Crippen LogP contribution in [0.15, 0.2) is 35.8 Å². The Morgan fingerprint density at radius 2 is 2.14 bits per heavy atom. The monoisotopic (exact) mass is 313 g/mol. The summed E-state index contributed by atoms with van der Waals surface area (Å²) in [6.45, 7) is 2.33. The molecule has 0 radical (unpaired) electrons. The Morgan fingerprint density at radius 1 is 1.32 bits per heavy atom. The van der Waals surface area contributed by atoms with E-state index in [0.29, 0.717) is 18.5 Å². The van der Waals surface area contributed by atoms with E-state index >= 15 is 0 Å². The number of carbonyl (C=O) groups is 2. The van der Waals surface area contributed by atoms with Crippen LogP contribution in [0.5, 0.6) is 0 Å². The minimum atomic E-state index is -0.585. The summed E-state index contributed by atoms with van der Waals surface area (Å²) in [5.74, 6) is -1.11. The normalized spacial score (nSPS) is 10.8. The maximum Gasteiger partial charge on any atom is 0.292 e. The van der Waals surface area contributed by atoms with Gasteiger partial charge in [0.15, 0.2) is 0 Å². The third-order valence-electron chi connectivity index (χ3n) is 3.33. The lowest BCUT2D eigenvalue weighted by atomic mass is 10.1. The van der Waals surface area contributed by atoms with E-state index in [1.165, 1.54) is 0 Å². The first-order valence-electron chi connectivity index (χ1n) is 6.95. The summed E-state index contributed by atoms with van der Waals surface area (Å²) >= 11 is 1.56. The molecular weight excluding hydrogens is 298 g/mol. The van der Waals surface area contributed by atoms with Crippen LogP contribution in [0.3, 0.4) is 0 Å². The molecule has 0 unspecified atom stereocenters. The van der Waals surface area contributed by atoms with Gasteiger partial charge in [0, 0.05) is 41.1 Å². The van der Waals surface area contributed by atoms with Gasteiger partial charge in [-0.25, -0.2) is 4.98 Å². The highest BCUT2D eigenvalue weighted by molar-refractivity contribution is 7.09. The first-order chi connectivity index (χ1) is 10.6. The van der Waals surface area contributed by atoms with Crippen molar-refractivity contribution in [3.8, 4) is 0 Å². The third kappa shape index (κ3) is 2.92. The fourth-order valence-electron chi connectivity index (χ4n) is 2.26. The van der Waals surface area contributed by atoms with Gasteiger partial charge in [0.1, 0.15) is 0 Å². The van der Waals surface area contributed by atoms with Crippen molar-refractivity contribution < 1.29 is 9.59 Å². The number of thiazole rings is 1. The summed E-state index contributed by atoms with van der Waals surface area (Å²) in [5.41, 5.74) is 2.22. The van der Waals surface area contributed by atoms with Crippen LogP contribution in [0.4, 0.5) is 0 Å². The predicted molar refractivity (Wildman–Crippen MR) is 86.2 cm³/mol. The van der Waals surface area contributed by atoms with Crippen molar-refractivity contribution in [2.24, 2.45) is 0 Å². The zero-order chi connectivity index (χ0) is 15.5. The van der Waals surface area contributed by atoms with E-state index in [-0.39, 0.29) is 0 Å². The van der Waals surface area contributed by atoms with E-state index in [1.807, 2.05) is 36.6 Å². The molecular formula is C16H15N3O2S. The standard InChI is InChI=1S/C16H15N3O2S/c1-10-9-22-14(19-10)6-7-17-16(21)15(20)12-8-18-13-5-3-2-4-11(12)13/h2-5,8-9,18H,6-7H2,1H3,(H,17,21). The highest BCUT2D eigenvalue weighted by atomic mass is 32.1. The van der Waals surface area contributed by atoms with E-state index in [0.717, 1.165) is 21.6 Å². The Labute approximate surface area is 131 Å². The molecule has 6 heteroatoms. The number of ketones is 1. The predicted octanol–water partition coefficient (Wildman–Crippen LogP) is 2.47. The smallest absolute Gasteiger partial charge is 0.292 e. The molecule has 0 aliphatic carbocycles. The number of para-hydroxylation sites is 1. The van der Waals surface area contributed by atoms with Crippen LogP contribution in [0.1, 0.15) is 21.1 Å². The number of aromatic nitrogens is 2. The maximum absolute atomic E-state index is 12.2. The van der Waals surface area contributed by atoms with E-state index < -0.39 is 11.7 Å². The minimum absolute atomic E-state index is 0.401. The number of H-pyrrole nitrogens is 1. The molecule has 3 aromatic rings. The summed E-state index contributed by atoms with van der Waals surface area (Å²) < 4.78 is 0. The number of hydrogen-bond donors (Lipinski definition) is 2. The molecule has 0 fully saturated rings. The largest absolute Gasteiger partial charge is 0.360 e. The first-order valence-corrected chi connectivity index (χ1v) is 7.83. The average Bonchev–Trinajstić information content (AvgIpc) is 3.12. The Hall–Kier alpha value is -2.47. The summed E-state index contributed by atoms with van der Waals surface area (Å²) in [6, 6.07) is 7.42. The second kappa shape index (κ2) is 6.11. The van der Waals surface area contributed by atoms with Crippen molar-refractivity contribution in [2.75, 3.05) is 6.54 Å². The van der Waals surface area contributed by atoms with Gasteiger partial charge in [0.05, 0.1) is 10.6 Å². The van der Waals surface area contributed by atoms with Crippen LogP contribution in [-0.2, 0) is 11.2 Å². The van der Waals surface area contributed by atoms with Gasteiger partial charge in [-0.1, -0.05) is 18.2 Å². The Bertz CT molecular complexity index is 835. The second-order valence-electron chi connectivity index (χ2n) is 4.97. The quantitative estimate of drug-likeness (QED) is 0.561. The molecule has 0 aliphatic rings. The average molecular weight is 313 g/mol. The summed E-state index contributed by atoms with van der Waals surface area (Å²) in [6.07, 6.45) is 2.21. The number of hydrogen-bond acceptors (Lipinski definition) is 4. The van der Waals surface area contributed by atoms with Gasteiger partial charge in [0.25, 0.3) is 11.7 Å². The molecule has 0 bridgehead atoms. The first kappa shape index (κ1) is 14.5. The number of aromatic amines is 1. The number of nitrogens with zero attached hydrogens (tertiary/aromatic N) is 1. The lowest BCUT2D eigenvalue weighted by Gasteiger charge is -2.02. The molecule has 1 aromatic carbocycles. The molecule has 5 nitrogen and oxygen atoms in total. The van der Waals surface area contributed by atoms with Crippen LogP contribution >= 0.6 is 11.3 Å². The maximum atomic E-state index is 12.2. The second-order valence-corrected chi connectivity index (χ2v) is 5.91. The van der Waals surface area contributed by atoms with Crippen molar-refractivity contribution in [1.29, 1.82) is 0 Å². The number of amides is 1. The van der Waals surface area contributed by atoms with E-state index in [4.69, 9.17) is 0 Å². The molecule has 2 heterocycles. The van der Waals surface area contributed by atoms with Crippen molar-refractivity contribution in [1.82, 2.24) is 15.3 Å². The Balaban J connectivity index is 1.63. The number of aryl methyl sites for hydroxylation is 1. The van der Waals surface area contributed by atoms with Crippen molar-refractivity contribution in [3.05, 3.63) is 52.1 Å². The van der Waals surface area contributed by atoms with Crippen LogP contribution in [0, 0.1) is 6.92 Å². The number of carbonyl (C=O) groups excluding carboxylic acids is 2. The van der Waals surface area contributed by atoms with Crippen LogP contribution in [-0.4, -0.2) is 28.2 Å². The van der Waals surface area contributed by atoms with Crippen LogP contribution < -0.4 is 5.32 Å². The molecule has 2 aromatic heterocycles. The van der Waals surface area contributed by atoms with Gasteiger partial charge in [-0.2, -0.15) is 0 Å². The lowest BCUT2D eigenvalue weighted by molar-refractivity contribution is -0.116. The molecule has 112 valence electrons. The Morgan fingerprint density at radius 3 is 2.91 bits per heavy atom. The number of Topliss-reactive ketones (excluding diaryl/α,β-unsaturated/α-hetero) is 1. The molecule has 2 N–H and O–H groups in total. The summed E-state index contributed by atoms with van der Waals surface area (Å²) in [5, 5.41) is 6.34. The zero-order valence-corrected chi connectivity index (χ0v) is 12.9. The van der Waals surface area contributed by atoms with Crippen molar-refractivity contribution in [3.63, 3.8) is 0 Å².